The van der Waals surface area contributed by atoms with Crippen LogP contribution in [0.25, 0.3) is 6.08 Å². The number of aliphatic hydroxyl groups is 1. The molecular weight excluding hydrogens is 294 g/mol. The molecular formula is C15H14ClNO2S. The monoisotopic (exact) mass is 307 g/mol. The third-order valence-corrected chi connectivity index (χ3v) is 3.98. The SMILES string of the molecule is O=C(/C=C/c1ccccc1Cl)NC[C@H](O)c1cccs1. The van der Waals surface area contributed by atoms with Gasteiger partial charge >= 0.3 is 0 Å². The number of hydrogen-bond acceptors (Lipinski definition) is 3. The van der Waals surface area contributed by atoms with Gasteiger partial charge in [0.1, 0.15) is 6.10 Å². The molecule has 1 amide bonds. The van der Waals surface area contributed by atoms with Gasteiger partial charge in [-0.1, -0.05) is 35.9 Å². The van der Waals surface area contributed by atoms with E-state index in [1.807, 2.05) is 35.7 Å². The summed E-state index contributed by atoms with van der Waals surface area (Å²) in [5.74, 6) is -0.263. The van der Waals surface area contributed by atoms with Gasteiger partial charge in [0, 0.05) is 22.5 Å². The third-order valence-electron chi connectivity index (χ3n) is 2.66. The van der Waals surface area contributed by atoms with Crippen LogP contribution in [0.3, 0.4) is 0 Å². The lowest BCUT2D eigenvalue weighted by Gasteiger charge is -2.08. The molecule has 0 saturated carbocycles. The molecule has 1 aromatic heterocycles. The first-order valence-corrected chi connectivity index (χ1v) is 7.34. The number of carbonyl (C=O) groups excluding carboxylic acids is 1. The van der Waals surface area contributed by atoms with Crippen molar-refractivity contribution in [1.82, 2.24) is 5.32 Å². The molecule has 0 aliphatic carbocycles. The van der Waals surface area contributed by atoms with E-state index in [9.17, 15) is 9.90 Å². The Bertz CT molecular complexity index is 596. The molecule has 2 N–H and O–H groups in total. The van der Waals surface area contributed by atoms with Gasteiger partial charge < -0.3 is 10.4 Å². The van der Waals surface area contributed by atoms with Gasteiger partial charge in [0.15, 0.2) is 0 Å². The number of amides is 1. The molecule has 5 heteroatoms. The normalized spacial score (nSPS) is 12.5. The average molecular weight is 308 g/mol. The minimum Gasteiger partial charge on any atom is -0.386 e. The smallest absolute Gasteiger partial charge is 0.244 e. The van der Waals surface area contributed by atoms with Crippen molar-refractivity contribution in [2.45, 2.75) is 6.10 Å². The molecule has 0 aliphatic heterocycles. The molecule has 0 aliphatic rings. The molecule has 2 aromatic rings. The van der Waals surface area contributed by atoms with Crippen LogP contribution in [0.15, 0.2) is 47.9 Å². The molecule has 0 bridgehead atoms. The van der Waals surface area contributed by atoms with E-state index in [2.05, 4.69) is 5.32 Å². The quantitative estimate of drug-likeness (QED) is 0.833. The lowest BCUT2D eigenvalue weighted by molar-refractivity contribution is -0.116. The van der Waals surface area contributed by atoms with Crippen LogP contribution in [0, 0.1) is 0 Å². The zero-order valence-electron chi connectivity index (χ0n) is 10.6. The second kappa shape index (κ2) is 7.24. The molecule has 1 aromatic carbocycles. The largest absolute Gasteiger partial charge is 0.386 e. The van der Waals surface area contributed by atoms with Crippen molar-refractivity contribution in [1.29, 1.82) is 0 Å². The van der Waals surface area contributed by atoms with Crippen LogP contribution < -0.4 is 5.32 Å². The second-order valence-corrected chi connectivity index (χ2v) is 5.52. The Morgan fingerprint density at radius 1 is 1.35 bits per heavy atom. The molecule has 20 heavy (non-hydrogen) atoms. The van der Waals surface area contributed by atoms with Gasteiger partial charge in [0.05, 0.1) is 0 Å². The van der Waals surface area contributed by atoms with Crippen LogP contribution in [0.4, 0.5) is 0 Å². The number of nitrogens with one attached hydrogen (secondary N) is 1. The number of benzene rings is 1. The lowest BCUT2D eigenvalue weighted by Crippen LogP contribution is -2.26. The van der Waals surface area contributed by atoms with E-state index in [0.29, 0.717) is 5.02 Å². The van der Waals surface area contributed by atoms with Crippen molar-refractivity contribution < 1.29 is 9.90 Å². The Morgan fingerprint density at radius 2 is 2.15 bits per heavy atom. The van der Waals surface area contributed by atoms with Crippen LogP contribution in [0.2, 0.25) is 5.02 Å². The van der Waals surface area contributed by atoms with Crippen molar-refractivity contribution in [3.05, 3.63) is 63.3 Å². The molecule has 3 nitrogen and oxygen atoms in total. The topological polar surface area (TPSA) is 49.3 Å². The molecule has 0 unspecified atom stereocenters. The fourth-order valence-corrected chi connectivity index (χ4v) is 2.52. The molecule has 1 heterocycles. The lowest BCUT2D eigenvalue weighted by atomic mass is 10.2. The first-order chi connectivity index (χ1) is 9.66. The highest BCUT2D eigenvalue weighted by Crippen LogP contribution is 2.18. The van der Waals surface area contributed by atoms with Gasteiger partial charge in [-0.15, -0.1) is 11.3 Å². The van der Waals surface area contributed by atoms with Gasteiger partial charge in [-0.05, 0) is 29.2 Å². The van der Waals surface area contributed by atoms with E-state index < -0.39 is 6.10 Å². The van der Waals surface area contributed by atoms with Crippen molar-refractivity contribution in [2.24, 2.45) is 0 Å². The summed E-state index contributed by atoms with van der Waals surface area (Å²) in [5.41, 5.74) is 0.781. The summed E-state index contributed by atoms with van der Waals surface area (Å²) in [7, 11) is 0. The highest BCUT2D eigenvalue weighted by Gasteiger charge is 2.08. The molecule has 0 spiro atoms. The maximum atomic E-state index is 11.7. The molecule has 0 saturated heterocycles. The summed E-state index contributed by atoms with van der Waals surface area (Å²) in [5, 5.41) is 15.0. The van der Waals surface area contributed by atoms with Gasteiger partial charge in [0.2, 0.25) is 5.91 Å². The van der Waals surface area contributed by atoms with E-state index >= 15 is 0 Å². The number of aliphatic hydroxyl groups excluding tert-OH is 1. The molecule has 104 valence electrons. The summed E-state index contributed by atoms with van der Waals surface area (Å²) in [6.45, 7) is 0.187. The van der Waals surface area contributed by atoms with E-state index in [1.165, 1.54) is 17.4 Å². The van der Waals surface area contributed by atoms with Crippen LogP contribution in [-0.4, -0.2) is 17.6 Å². The predicted molar refractivity (Wildman–Crippen MR) is 82.8 cm³/mol. The average Bonchev–Trinajstić information content (AvgIpc) is 2.98. The predicted octanol–water partition coefficient (Wildman–Crippen LogP) is 3.26. The highest BCUT2D eigenvalue weighted by atomic mass is 35.5. The summed E-state index contributed by atoms with van der Waals surface area (Å²) in [6.07, 6.45) is 2.38. The number of rotatable bonds is 5. The summed E-state index contributed by atoms with van der Waals surface area (Å²) in [6, 6.07) is 11.0. The van der Waals surface area contributed by atoms with E-state index in [-0.39, 0.29) is 12.5 Å². The van der Waals surface area contributed by atoms with E-state index in [1.54, 1.807) is 12.1 Å². The molecule has 1 atom stereocenters. The fourth-order valence-electron chi connectivity index (χ4n) is 1.61. The summed E-state index contributed by atoms with van der Waals surface area (Å²) < 4.78 is 0. The van der Waals surface area contributed by atoms with E-state index in [0.717, 1.165) is 10.4 Å². The first kappa shape index (κ1) is 14.8. The van der Waals surface area contributed by atoms with Crippen molar-refractivity contribution in [3.8, 4) is 0 Å². The Kier molecular flexibility index (Phi) is 5.35. The number of halogens is 1. The van der Waals surface area contributed by atoms with Crippen molar-refractivity contribution >= 4 is 34.9 Å². The first-order valence-electron chi connectivity index (χ1n) is 6.08. The number of carbonyl (C=O) groups is 1. The third kappa shape index (κ3) is 4.20. The minimum atomic E-state index is -0.673. The zero-order valence-corrected chi connectivity index (χ0v) is 12.2. The second-order valence-electron chi connectivity index (χ2n) is 4.13. The van der Waals surface area contributed by atoms with Gasteiger partial charge in [-0.3, -0.25) is 4.79 Å². The number of hydrogen-bond donors (Lipinski definition) is 2. The summed E-state index contributed by atoms with van der Waals surface area (Å²) in [4.78, 5) is 12.5. The van der Waals surface area contributed by atoms with Crippen LogP contribution in [0.1, 0.15) is 16.5 Å². The molecule has 0 fully saturated rings. The molecule has 2 rings (SSSR count). The minimum absolute atomic E-state index is 0.187. The van der Waals surface area contributed by atoms with Crippen molar-refractivity contribution in [3.63, 3.8) is 0 Å². The van der Waals surface area contributed by atoms with Gasteiger partial charge in [-0.2, -0.15) is 0 Å². The Morgan fingerprint density at radius 3 is 2.85 bits per heavy atom. The summed E-state index contributed by atoms with van der Waals surface area (Å²) >= 11 is 7.44. The standard InChI is InChI=1S/C15H14ClNO2S/c16-12-5-2-1-4-11(12)7-8-15(19)17-10-13(18)14-6-3-9-20-14/h1-9,13,18H,10H2,(H,17,19)/b8-7+/t13-/m0/s1. The van der Waals surface area contributed by atoms with Crippen LogP contribution in [-0.2, 0) is 4.79 Å². The Labute approximate surface area is 126 Å². The maximum Gasteiger partial charge on any atom is 0.244 e. The van der Waals surface area contributed by atoms with Gasteiger partial charge in [0.25, 0.3) is 0 Å². The van der Waals surface area contributed by atoms with Gasteiger partial charge in [-0.25, -0.2) is 0 Å². The molecule has 0 radical (unpaired) electrons. The van der Waals surface area contributed by atoms with Crippen LogP contribution >= 0.6 is 22.9 Å². The zero-order chi connectivity index (χ0) is 14.4. The fraction of sp³-hybridized carbons (Fsp3) is 0.133. The van der Waals surface area contributed by atoms with E-state index in [4.69, 9.17) is 11.6 Å². The van der Waals surface area contributed by atoms with Crippen molar-refractivity contribution in [2.75, 3.05) is 6.54 Å². The van der Waals surface area contributed by atoms with Crippen LogP contribution in [0.5, 0.6) is 0 Å². The maximum absolute atomic E-state index is 11.7. The number of thiophene rings is 1. The Balaban J connectivity index is 1.85. The Hall–Kier alpha value is -1.62. The highest BCUT2D eigenvalue weighted by molar-refractivity contribution is 7.10.